The van der Waals surface area contributed by atoms with Crippen LogP contribution in [0.1, 0.15) is 13.3 Å². The predicted octanol–water partition coefficient (Wildman–Crippen LogP) is 1.59. The van der Waals surface area contributed by atoms with Gasteiger partial charge in [-0.15, -0.1) is 11.8 Å². The molecule has 1 aromatic heterocycles. The van der Waals surface area contributed by atoms with Gasteiger partial charge in [0.05, 0.1) is 13.0 Å². The van der Waals surface area contributed by atoms with E-state index in [1.54, 1.807) is 18.7 Å². The highest BCUT2D eigenvalue weighted by molar-refractivity contribution is 7.98. The molecule has 0 aliphatic rings. The van der Waals surface area contributed by atoms with Crippen LogP contribution in [0.5, 0.6) is 0 Å². The van der Waals surface area contributed by atoms with Crippen LogP contribution in [0.4, 0.5) is 5.82 Å². The van der Waals surface area contributed by atoms with Gasteiger partial charge in [-0.2, -0.15) is 0 Å². The summed E-state index contributed by atoms with van der Waals surface area (Å²) in [4.78, 5) is 21.4. The molecule has 0 aromatic carbocycles. The lowest BCUT2D eigenvalue weighted by atomic mass is 10.4. The first-order chi connectivity index (χ1) is 8.17. The molecule has 0 unspecified atom stereocenters. The number of esters is 1. The maximum Gasteiger partial charge on any atom is 0.307 e. The number of aromatic nitrogens is 2. The molecule has 0 amide bonds. The third-order valence-corrected chi connectivity index (χ3v) is 2.83. The Labute approximate surface area is 106 Å². The van der Waals surface area contributed by atoms with Crippen molar-refractivity contribution in [2.75, 3.05) is 31.4 Å². The van der Waals surface area contributed by atoms with Crippen LogP contribution >= 0.6 is 11.8 Å². The van der Waals surface area contributed by atoms with Crippen LogP contribution < -0.4 is 4.90 Å². The minimum Gasteiger partial charge on any atom is -0.466 e. The van der Waals surface area contributed by atoms with E-state index in [0.29, 0.717) is 19.6 Å². The number of carbonyl (C=O) groups excluding carboxylic acids is 1. The summed E-state index contributed by atoms with van der Waals surface area (Å²) in [7, 11) is 1.89. The van der Waals surface area contributed by atoms with Crippen LogP contribution in [-0.4, -0.2) is 42.4 Å². The molecule has 0 saturated carbocycles. The fraction of sp³-hybridized carbons (Fsp3) is 0.545. The largest absolute Gasteiger partial charge is 0.466 e. The van der Waals surface area contributed by atoms with Gasteiger partial charge in [0.2, 0.25) is 0 Å². The highest BCUT2D eigenvalue weighted by atomic mass is 32.2. The van der Waals surface area contributed by atoms with Crippen molar-refractivity contribution in [3.05, 3.63) is 12.4 Å². The molecule has 5 nitrogen and oxygen atoms in total. The van der Waals surface area contributed by atoms with E-state index in [1.807, 2.05) is 24.3 Å². The predicted molar refractivity (Wildman–Crippen MR) is 68.3 cm³/mol. The van der Waals surface area contributed by atoms with Crippen LogP contribution in [0.25, 0.3) is 0 Å². The zero-order chi connectivity index (χ0) is 12.7. The molecule has 0 bridgehead atoms. The molecule has 0 saturated heterocycles. The minimum atomic E-state index is -0.182. The first-order valence-electron chi connectivity index (χ1n) is 5.40. The molecule has 6 heteroatoms. The van der Waals surface area contributed by atoms with Crippen molar-refractivity contribution in [2.24, 2.45) is 0 Å². The van der Waals surface area contributed by atoms with Crippen LogP contribution in [0.2, 0.25) is 0 Å². The maximum atomic E-state index is 11.2. The first kappa shape index (κ1) is 13.8. The molecule has 0 aliphatic carbocycles. The Kier molecular flexibility index (Phi) is 5.76. The number of anilines is 1. The number of carbonyl (C=O) groups is 1. The molecule has 1 rings (SSSR count). The number of ether oxygens (including phenoxy) is 1. The third kappa shape index (κ3) is 4.60. The van der Waals surface area contributed by atoms with Crippen molar-refractivity contribution in [3.63, 3.8) is 0 Å². The SMILES string of the molecule is CCOC(=O)CCN(C)c1cc(SC)ncn1. The van der Waals surface area contributed by atoms with E-state index < -0.39 is 0 Å². The Bertz CT molecular complexity index is 373. The first-order valence-corrected chi connectivity index (χ1v) is 6.62. The van der Waals surface area contributed by atoms with Gasteiger partial charge in [-0.1, -0.05) is 0 Å². The lowest BCUT2D eigenvalue weighted by molar-refractivity contribution is -0.142. The van der Waals surface area contributed by atoms with E-state index in [9.17, 15) is 4.79 Å². The topological polar surface area (TPSA) is 55.3 Å². The fourth-order valence-corrected chi connectivity index (χ4v) is 1.63. The summed E-state index contributed by atoms with van der Waals surface area (Å²) in [5.74, 6) is 0.632. The Hall–Kier alpha value is -1.30. The minimum absolute atomic E-state index is 0.182. The van der Waals surface area contributed by atoms with Gasteiger partial charge in [0.1, 0.15) is 17.2 Å². The Morgan fingerprint density at radius 3 is 2.94 bits per heavy atom. The van der Waals surface area contributed by atoms with Crippen molar-refractivity contribution < 1.29 is 9.53 Å². The van der Waals surface area contributed by atoms with Gasteiger partial charge in [0.15, 0.2) is 0 Å². The highest BCUT2D eigenvalue weighted by Crippen LogP contribution is 2.16. The van der Waals surface area contributed by atoms with Crippen molar-refractivity contribution in [3.8, 4) is 0 Å². The number of hydrogen-bond donors (Lipinski definition) is 0. The normalized spacial score (nSPS) is 10.1. The van der Waals surface area contributed by atoms with Crippen LogP contribution in [0, 0.1) is 0 Å². The Balaban J connectivity index is 2.51. The maximum absolute atomic E-state index is 11.2. The molecule has 0 radical (unpaired) electrons. The monoisotopic (exact) mass is 255 g/mol. The lowest BCUT2D eigenvalue weighted by Crippen LogP contribution is -2.23. The zero-order valence-corrected chi connectivity index (χ0v) is 11.2. The van der Waals surface area contributed by atoms with Crippen LogP contribution in [-0.2, 0) is 9.53 Å². The number of hydrogen-bond acceptors (Lipinski definition) is 6. The third-order valence-electron chi connectivity index (χ3n) is 2.18. The van der Waals surface area contributed by atoms with E-state index >= 15 is 0 Å². The molecule has 0 atom stereocenters. The van der Waals surface area contributed by atoms with Gasteiger partial charge in [-0.25, -0.2) is 9.97 Å². The molecular weight excluding hydrogens is 238 g/mol. The Morgan fingerprint density at radius 2 is 2.29 bits per heavy atom. The van der Waals surface area contributed by atoms with Gasteiger partial charge >= 0.3 is 5.97 Å². The average Bonchev–Trinajstić information content (AvgIpc) is 2.36. The molecule has 1 aromatic rings. The standard InChI is InChI=1S/C11H17N3O2S/c1-4-16-11(15)5-6-14(2)9-7-10(17-3)13-8-12-9/h7-8H,4-6H2,1-3H3. The van der Waals surface area contributed by atoms with Crippen molar-refractivity contribution in [1.82, 2.24) is 9.97 Å². The average molecular weight is 255 g/mol. The summed E-state index contributed by atoms with van der Waals surface area (Å²) in [6, 6.07) is 1.90. The number of rotatable bonds is 6. The van der Waals surface area contributed by atoms with Gasteiger partial charge in [0, 0.05) is 19.7 Å². The molecular formula is C11H17N3O2S. The summed E-state index contributed by atoms with van der Waals surface area (Å²) >= 11 is 1.56. The second kappa shape index (κ2) is 7.11. The van der Waals surface area contributed by atoms with Crippen molar-refractivity contribution >= 4 is 23.5 Å². The quantitative estimate of drug-likeness (QED) is 0.437. The molecule has 17 heavy (non-hydrogen) atoms. The summed E-state index contributed by atoms with van der Waals surface area (Å²) in [5, 5.41) is 0.915. The van der Waals surface area contributed by atoms with Gasteiger partial charge in [0.25, 0.3) is 0 Å². The number of thioether (sulfide) groups is 1. The van der Waals surface area contributed by atoms with E-state index in [-0.39, 0.29) is 5.97 Å². The van der Waals surface area contributed by atoms with E-state index in [0.717, 1.165) is 10.8 Å². The molecule has 1 heterocycles. The lowest BCUT2D eigenvalue weighted by Gasteiger charge is -2.17. The molecule has 94 valence electrons. The van der Waals surface area contributed by atoms with Crippen LogP contribution in [0.15, 0.2) is 17.4 Å². The summed E-state index contributed by atoms with van der Waals surface area (Å²) in [5.41, 5.74) is 0. The van der Waals surface area contributed by atoms with Crippen molar-refractivity contribution in [2.45, 2.75) is 18.4 Å². The second-order valence-electron chi connectivity index (χ2n) is 3.40. The van der Waals surface area contributed by atoms with Crippen molar-refractivity contribution in [1.29, 1.82) is 0 Å². The second-order valence-corrected chi connectivity index (χ2v) is 4.22. The van der Waals surface area contributed by atoms with Gasteiger partial charge < -0.3 is 9.64 Å². The fourth-order valence-electron chi connectivity index (χ4n) is 1.26. The zero-order valence-electron chi connectivity index (χ0n) is 10.3. The molecule has 0 fully saturated rings. The smallest absolute Gasteiger partial charge is 0.307 e. The van der Waals surface area contributed by atoms with E-state index in [4.69, 9.17) is 4.74 Å². The molecule has 0 aliphatic heterocycles. The van der Waals surface area contributed by atoms with Gasteiger partial charge in [-0.05, 0) is 13.2 Å². The van der Waals surface area contributed by atoms with Crippen LogP contribution in [0.3, 0.4) is 0 Å². The Morgan fingerprint density at radius 1 is 1.53 bits per heavy atom. The number of nitrogens with zero attached hydrogens (tertiary/aromatic N) is 3. The van der Waals surface area contributed by atoms with E-state index in [2.05, 4.69) is 9.97 Å². The summed E-state index contributed by atoms with van der Waals surface area (Å²) < 4.78 is 4.87. The molecule has 0 spiro atoms. The molecule has 0 N–H and O–H groups in total. The van der Waals surface area contributed by atoms with Gasteiger partial charge in [-0.3, -0.25) is 4.79 Å². The highest BCUT2D eigenvalue weighted by Gasteiger charge is 2.07. The summed E-state index contributed by atoms with van der Waals surface area (Å²) in [6.07, 6.45) is 3.86. The van der Waals surface area contributed by atoms with E-state index in [1.165, 1.54) is 6.33 Å². The summed E-state index contributed by atoms with van der Waals surface area (Å²) in [6.45, 7) is 2.81.